The summed E-state index contributed by atoms with van der Waals surface area (Å²) in [6.07, 6.45) is 0.0296. The second-order valence-electron chi connectivity index (χ2n) is 3.65. The first kappa shape index (κ1) is 11.5. The number of nitrogens with two attached hydrogens (primary N) is 1. The standard InChI is InChI=1S/C11H14ClNO3/c1-15-11-7(8(14)5-13)4-6-2-3-16-10(6)9(11)12/h4,8,14H,2-3,5,13H2,1H3. The highest BCUT2D eigenvalue weighted by atomic mass is 35.5. The summed E-state index contributed by atoms with van der Waals surface area (Å²) in [6.45, 7) is 0.743. The van der Waals surface area contributed by atoms with Crippen LogP contribution in [0, 0.1) is 0 Å². The molecule has 0 bridgehead atoms. The van der Waals surface area contributed by atoms with Gasteiger partial charge in [-0.25, -0.2) is 0 Å². The average molecular weight is 244 g/mol. The third-order valence-electron chi connectivity index (χ3n) is 2.69. The number of hydrogen-bond acceptors (Lipinski definition) is 4. The van der Waals surface area contributed by atoms with Gasteiger partial charge in [0.05, 0.1) is 19.8 Å². The SMILES string of the molecule is COc1c(C(O)CN)cc2c(c1Cl)OCC2. The van der Waals surface area contributed by atoms with Crippen LogP contribution in [0.3, 0.4) is 0 Å². The van der Waals surface area contributed by atoms with E-state index in [0.29, 0.717) is 28.7 Å². The van der Waals surface area contributed by atoms with Crippen molar-refractivity contribution < 1.29 is 14.6 Å². The van der Waals surface area contributed by atoms with Crippen molar-refractivity contribution in [2.45, 2.75) is 12.5 Å². The van der Waals surface area contributed by atoms with Gasteiger partial charge in [-0.1, -0.05) is 11.6 Å². The Kier molecular flexibility index (Phi) is 3.23. The number of hydrogen-bond donors (Lipinski definition) is 2. The molecule has 0 radical (unpaired) electrons. The second-order valence-corrected chi connectivity index (χ2v) is 4.03. The van der Waals surface area contributed by atoms with Crippen LogP contribution in [0.5, 0.6) is 11.5 Å². The minimum Gasteiger partial charge on any atom is -0.495 e. The molecule has 0 fully saturated rings. The average Bonchev–Trinajstić information content (AvgIpc) is 2.76. The fraction of sp³-hybridized carbons (Fsp3) is 0.455. The molecule has 1 unspecified atom stereocenters. The van der Waals surface area contributed by atoms with E-state index in [-0.39, 0.29) is 6.54 Å². The van der Waals surface area contributed by atoms with Crippen molar-refractivity contribution in [3.63, 3.8) is 0 Å². The number of benzene rings is 1. The zero-order chi connectivity index (χ0) is 11.7. The fourth-order valence-electron chi connectivity index (χ4n) is 1.88. The summed E-state index contributed by atoms with van der Waals surface area (Å²) >= 11 is 6.16. The van der Waals surface area contributed by atoms with Crippen LogP contribution >= 0.6 is 11.6 Å². The van der Waals surface area contributed by atoms with Gasteiger partial charge < -0.3 is 20.3 Å². The third kappa shape index (κ3) is 1.73. The summed E-state index contributed by atoms with van der Waals surface area (Å²) in [5.74, 6) is 1.10. The summed E-state index contributed by atoms with van der Waals surface area (Å²) in [7, 11) is 1.51. The van der Waals surface area contributed by atoms with Gasteiger partial charge in [0.15, 0.2) is 0 Å². The fourth-order valence-corrected chi connectivity index (χ4v) is 2.24. The highest BCUT2D eigenvalue weighted by Gasteiger charge is 2.24. The first-order chi connectivity index (χ1) is 7.69. The molecule has 0 spiro atoms. The van der Waals surface area contributed by atoms with Gasteiger partial charge in [0.25, 0.3) is 0 Å². The van der Waals surface area contributed by atoms with E-state index in [9.17, 15) is 5.11 Å². The Morgan fingerprint density at radius 3 is 3.06 bits per heavy atom. The van der Waals surface area contributed by atoms with Gasteiger partial charge in [-0.2, -0.15) is 0 Å². The van der Waals surface area contributed by atoms with Gasteiger partial charge in [-0.3, -0.25) is 0 Å². The molecular formula is C11H14ClNO3. The van der Waals surface area contributed by atoms with Crippen LogP contribution in [-0.2, 0) is 6.42 Å². The number of fused-ring (bicyclic) bond motifs is 1. The van der Waals surface area contributed by atoms with Gasteiger partial charge in [-0.15, -0.1) is 0 Å². The number of methoxy groups -OCH3 is 1. The van der Waals surface area contributed by atoms with Crippen LogP contribution in [0.2, 0.25) is 5.02 Å². The Bertz CT molecular complexity index is 409. The van der Waals surface area contributed by atoms with E-state index >= 15 is 0 Å². The summed E-state index contributed by atoms with van der Waals surface area (Å²) in [4.78, 5) is 0. The molecule has 3 N–H and O–H groups in total. The maximum atomic E-state index is 9.79. The Morgan fingerprint density at radius 1 is 1.69 bits per heavy atom. The summed E-state index contributed by atoms with van der Waals surface area (Å²) in [6, 6.07) is 1.85. The van der Waals surface area contributed by atoms with Crippen LogP contribution in [0.1, 0.15) is 17.2 Å². The van der Waals surface area contributed by atoms with Crippen molar-refractivity contribution in [1.29, 1.82) is 0 Å². The lowest BCUT2D eigenvalue weighted by atomic mass is 10.0. The zero-order valence-electron chi connectivity index (χ0n) is 9.00. The molecular weight excluding hydrogens is 230 g/mol. The topological polar surface area (TPSA) is 64.7 Å². The smallest absolute Gasteiger partial charge is 0.147 e. The summed E-state index contributed by atoms with van der Waals surface area (Å²) in [5, 5.41) is 10.2. The van der Waals surface area contributed by atoms with Crippen molar-refractivity contribution in [1.82, 2.24) is 0 Å². The first-order valence-electron chi connectivity index (χ1n) is 5.09. The number of aliphatic hydroxyl groups excluding tert-OH is 1. The Balaban J connectivity index is 2.56. The van der Waals surface area contributed by atoms with Crippen molar-refractivity contribution >= 4 is 11.6 Å². The van der Waals surface area contributed by atoms with E-state index in [0.717, 1.165) is 12.0 Å². The Labute approximate surface area is 98.9 Å². The molecule has 0 amide bonds. The molecule has 0 saturated heterocycles. The van der Waals surface area contributed by atoms with Crippen molar-refractivity contribution in [3.8, 4) is 11.5 Å². The normalized spacial score (nSPS) is 15.5. The quantitative estimate of drug-likeness (QED) is 0.839. The van der Waals surface area contributed by atoms with E-state index in [1.54, 1.807) is 0 Å². The van der Waals surface area contributed by atoms with Crippen molar-refractivity contribution in [3.05, 3.63) is 22.2 Å². The molecule has 0 saturated carbocycles. The van der Waals surface area contributed by atoms with E-state index in [1.807, 2.05) is 6.07 Å². The lowest BCUT2D eigenvalue weighted by Crippen LogP contribution is -2.13. The van der Waals surface area contributed by atoms with Gasteiger partial charge in [0.2, 0.25) is 0 Å². The lowest BCUT2D eigenvalue weighted by molar-refractivity contribution is 0.182. The molecule has 16 heavy (non-hydrogen) atoms. The third-order valence-corrected chi connectivity index (χ3v) is 3.03. The number of ether oxygens (including phenoxy) is 2. The van der Waals surface area contributed by atoms with Crippen LogP contribution in [-0.4, -0.2) is 25.4 Å². The molecule has 1 heterocycles. The van der Waals surface area contributed by atoms with E-state index in [4.69, 9.17) is 26.8 Å². The molecule has 1 aliphatic rings. The molecule has 2 rings (SSSR count). The van der Waals surface area contributed by atoms with Gasteiger partial charge in [0.1, 0.15) is 16.5 Å². The van der Waals surface area contributed by atoms with Gasteiger partial charge in [-0.05, 0) is 11.6 Å². The van der Waals surface area contributed by atoms with Gasteiger partial charge in [0, 0.05) is 18.5 Å². The molecule has 1 aromatic carbocycles. The maximum Gasteiger partial charge on any atom is 0.147 e. The zero-order valence-corrected chi connectivity index (χ0v) is 9.75. The van der Waals surface area contributed by atoms with E-state index in [1.165, 1.54) is 7.11 Å². The predicted octanol–water partition coefficient (Wildman–Crippen LogP) is 1.28. The molecule has 5 heteroatoms. The number of rotatable bonds is 3. The molecule has 0 aromatic heterocycles. The van der Waals surface area contributed by atoms with E-state index < -0.39 is 6.10 Å². The Morgan fingerprint density at radius 2 is 2.44 bits per heavy atom. The number of halogens is 1. The summed E-state index contributed by atoms with van der Waals surface area (Å²) < 4.78 is 10.6. The monoisotopic (exact) mass is 243 g/mol. The summed E-state index contributed by atoms with van der Waals surface area (Å²) in [5.41, 5.74) is 7.06. The van der Waals surface area contributed by atoms with Crippen LogP contribution < -0.4 is 15.2 Å². The molecule has 88 valence electrons. The highest BCUT2D eigenvalue weighted by molar-refractivity contribution is 6.33. The largest absolute Gasteiger partial charge is 0.495 e. The predicted molar refractivity (Wildman–Crippen MR) is 61.2 cm³/mol. The Hall–Kier alpha value is -0.970. The van der Waals surface area contributed by atoms with Gasteiger partial charge >= 0.3 is 0 Å². The molecule has 1 aliphatic heterocycles. The van der Waals surface area contributed by atoms with E-state index in [2.05, 4.69) is 0 Å². The highest BCUT2D eigenvalue weighted by Crippen LogP contribution is 2.44. The molecule has 1 aromatic rings. The lowest BCUT2D eigenvalue weighted by Gasteiger charge is -2.16. The first-order valence-corrected chi connectivity index (χ1v) is 5.47. The van der Waals surface area contributed by atoms with Crippen LogP contribution in [0.15, 0.2) is 6.07 Å². The molecule has 1 atom stereocenters. The minimum absolute atomic E-state index is 0.131. The minimum atomic E-state index is -0.765. The van der Waals surface area contributed by atoms with Crippen molar-refractivity contribution in [2.24, 2.45) is 5.73 Å². The van der Waals surface area contributed by atoms with Crippen LogP contribution in [0.25, 0.3) is 0 Å². The maximum absolute atomic E-state index is 9.79. The molecule has 4 nitrogen and oxygen atoms in total. The van der Waals surface area contributed by atoms with Crippen molar-refractivity contribution in [2.75, 3.05) is 20.3 Å². The second kappa shape index (κ2) is 4.49. The molecule has 0 aliphatic carbocycles. The van der Waals surface area contributed by atoms with Crippen LogP contribution in [0.4, 0.5) is 0 Å². The number of aliphatic hydroxyl groups is 1.